The van der Waals surface area contributed by atoms with Gasteiger partial charge in [0.1, 0.15) is 11.3 Å². The fourth-order valence-corrected chi connectivity index (χ4v) is 2.22. The quantitative estimate of drug-likeness (QED) is 0.810. The van der Waals surface area contributed by atoms with Crippen molar-refractivity contribution in [2.45, 2.75) is 18.8 Å². The third kappa shape index (κ3) is 2.24. The third-order valence-corrected chi connectivity index (χ3v) is 3.29. The van der Waals surface area contributed by atoms with E-state index in [1.54, 1.807) is 4.90 Å². The number of halogens is 4. The molecule has 0 spiro atoms. The van der Waals surface area contributed by atoms with Gasteiger partial charge >= 0.3 is 0 Å². The van der Waals surface area contributed by atoms with Crippen molar-refractivity contribution in [2.75, 3.05) is 18.0 Å². The zero-order valence-electron chi connectivity index (χ0n) is 9.89. The number of nitrogens with zero attached hydrogens (tertiary/aromatic N) is 2. The number of hydrogen-bond donors (Lipinski definition) is 1. The largest absolute Gasteiger partial charge is 0.342 e. The highest BCUT2D eigenvalue weighted by molar-refractivity contribution is 5.78. The van der Waals surface area contributed by atoms with Gasteiger partial charge in [0.25, 0.3) is 5.92 Å². The SMILES string of the molecule is Fc1cc(F)c2nc(N3CCC(F)(F)CC3)[nH]c2c1. The summed E-state index contributed by atoms with van der Waals surface area (Å²) in [5, 5.41) is 0. The molecule has 102 valence electrons. The molecule has 0 atom stereocenters. The highest BCUT2D eigenvalue weighted by Crippen LogP contribution is 2.30. The van der Waals surface area contributed by atoms with Gasteiger partial charge in [-0.3, -0.25) is 0 Å². The molecule has 1 aromatic carbocycles. The molecule has 2 aromatic rings. The smallest absolute Gasteiger partial charge is 0.251 e. The Bertz CT molecular complexity index is 613. The number of aromatic nitrogens is 2. The van der Waals surface area contributed by atoms with E-state index in [9.17, 15) is 17.6 Å². The van der Waals surface area contributed by atoms with Gasteiger partial charge in [-0.1, -0.05) is 0 Å². The normalized spacial score (nSPS) is 19.1. The second kappa shape index (κ2) is 4.11. The molecule has 1 N–H and O–H groups in total. The number of hydrogen-bond acceptors (Lipinski definition) is 2. The number of fused-ring (bicyclic) bond motifs is 1. The predicted molar refractivity (Wildman–Crippen MR) is 62.4 cm³/mol. The maximum absolute atomic E-state index is 13.5. The van der Waals surface area contributed by atoms with Crippen molar-refractivity contribution in [1.29, 1.82) is 0 Å². The Morgan fingerprint density at radius 3 is 2.53 bits per heavy atom. The van der Waals surface area contributed by atoms with Crippen LogP contribution in [0.1, 0.15) is 12.8 Å². The van der Waals surface area contributed by atoms with Crippen molar-refractivity contribution < 1.29 is 17.6 Å². The number of imidazole rings is 1. The Morgan fingerprint density at radius 1 is 1.16 bits per heavy atom. The second-order valence-corrected chi connectivity index (χ2v) is 4.69. The first-order chi connectivity index (χ1) is 8.94. The molecule has 3 nitrogen and oxygen atoms in total. The lowest BCUT2D eigenvalue weighted by molar-refractivity contribution is -0.0222. The Labute approximate surface area is 106 Å². The number of aromatic amines is 1. The van der Waals surface area contributed by atoms with Gasteiger partial charge in [-0.25, -0.2) is 22.5 Å². The number of H-pyrrole nitrogens is 1. The van der Waals surface area contributed by atoms with E-state index in [2.05, 4.69) is 9.97 Å². The number of piperidine rings is 1. The van der Waals surface area contributed by atoms with Gasteiger partial charge < -0.3 is 9.88 Å². The molecular formula is C12H11F4N3. The predicted octanol–water partition coefficient (Wildman–Crippen LogP) is 3.08. The molecule has 3 rings (SSSR count). The Morgan fingerprint density at radius 2 is 1.84 bits per heavy atom. The van der Waals surface area contributed by atoms with Crippen LogP contribution in [0.3, 0.4) is 0 Å². The lowest BCUT2D eigenvalue weighted by Gasteiger charge is -2.31. The van der Waals surface area contributed by atoms with Gasteiger partial charge in [-0.2, -0.15) is 0 Å². The molecule has 2 heterocycles. The summed E-state index contributed by atoms with van der Waals surface area (Å²) >= 11 is 0. The summed E-state index contributed by atoms with van der Waals surface area (Å²) in [5.41, 5.74) is 0.249. The van der Waals surface area contributed by atoms with Crippen molar-refractivity contribution >= 4 is 17.0 Å². The van der Waals surface area contributed by atoms with E-state index in [-0.39, 0.29) is 37.0 Å². The molecule has 0 aliphatic carbocycles. The maximum atomic E-state index is 13.5. The Hall–Kier alpha value is -1.79. The zero-order chi connectivity index (χ0) is 13.6. The average Bonchev–Trinajstić information content (AvgIpc) is 2.72. The summed E-state index contributed by atoms with van der Waals surface area (Å²) in [7, 11) is 0. The minimum atomic E-state index is -2.65. The van der Waals surface area contributed by atoms with Crippen molar-refractivity contribution in [2.24, 2.45) is 0 Å². The van der Waals surface area contributed by atoms with Crippen molar-refractivity contribution in [3.8, 4) is 0 Å². The van der Waals surface area contributed by atoms with E-state index in [1.807, 2.05) is 0 Å². The van der Waals surface area contributed by atoms with Crippen molar-refractivity contribution in [1.82, 2.24) is 9.97 Å². The van der Waals surface area contributed by atoms with Gasteiger partial charge in [0.15, 0.2) is 5.82 Å². The standard InChI is InChI=1S/C12H11F4N3/c13-7-5-8(14)10-9(6-7)17-11(18-10)19-3-1-12(15,16)2-4-19/h5-6H,1-4H2,(H,17,18). The fraction of sp³-hybridized carbons (Fsp3) is 0.417. The fourth-order valence-electron chi connectivity index (χ4n) is 2.22. The monoisotopic (exact) mass is 273 g/mol. The van der Waals surface area contributed by atoms with Crippen molar-refractivity contribution in [3.63, 3.8) is 0 Å². The van der Waals surface area contributed by atoms with Crippen LogP contribution in [0.15, 0.2) is 12.1 Å². The molecule has 19 heavy (non-hydrogen) atoms. The number of rotatable bonds is 1. The van der Waals surface area contributed by atoms with Crippen LogP contribution in [0.4, 0.5) is 23.5 Å². The van der Waals surface area contributed by atoms with Crippen LogP contribution < -0.4 is 4.90 Å². The molecule has 1 fully saturated rings. The van der Waals surface area contributed by atoms with Crippen molar-refractivity contribution in [3.05, 3.63) is 23.8 Å². The van der Waals surface area contributed by atoms with Gasteiger partial charge in [0.2, 0.25) is 5.95 Å². The van der Waals surface area contributed by atoms with E-state index >= 15 is 0 Å². The minimum Gasteiger partial charge on any atom is -0.342 e. The summed E-state index contributed by atoms with van der Waals surface area (Å²) in [5.74, 6) is -3.82. The summed E-state index contributed by atoms with van der Waals surface area (Å²) in [6.45, 7) is 0.272. The average molecular weight is 273 g/mol. The molecule has 7 heteroatoms. The van der Waals surface area contributed by atoms with E-state index in [4.69, 9.17) is 0 Å². The zero-order valence-corrected chi connectivity index (χ0v) is 9.89. The van der Waals surface area contributed by atoms with Gasteiger partial charge in [-0.05, 0) is 6.07 Å². The van der Waals surface area contributed by atoms with Crippen LogP contribution in [-0.4, -0.2) is 29.0 Å². The van der Waals surface area contributed by atoms with E-state index in [1.165, 1.54) is 0 Å². The second-order valence-electron chi connectivity index (χ2n) is 4.69. The lowest BCUT2D eigenvalue weighted by atomic mass is 10.1. The topological polar surface area (TPSA) is 31.9 Å². The van der Waals surface area contributed by atoms with E-state index in [0.29, 0.717) is 5.95 Å². The van der Waals surface area contributed by atoms with Crippen LogP contribution >= 0.6 is 0 Å². The number of benzene rings is 1. The highest BCUT2D eigenvalue weighted by atomic mass is 19.3. The number of anilines is 1. The molecule has 1 aliphatic rings. The summed E-state index contributed by atoms with van der Waals surface area (Å²) in [6, 6.07) is 1.88. The third-order valence-electron chi connectivity index (χ3n) is 3.29. The summed E-state index contributed by atoms with van der Waals surface area (Å²) < 4.78 is 52.6. The van der Waals surface area contributed by atoms with Crippen LogP contribution in [0.25, 0.3) is 11.0 Å². The highest BCUT2D eigenvalue weighted by Gasteiger charge is 2.34. The van der Waals surface area contributed by atoms with Crippen LogP contribution in [-0.2, 0) is 0 Å². The first kappa shape index (κ1) is 12.3. The van der Waals surface area contributed by atoms with Gasteiger partial charge in [0.05, 0.1) is 5.52 Å². The molecular weight excluding hydrogens is 262 g/mol. The molecule has 1 saturated heterocycles. The molecule has 0 unspecified atom stereocenters. The first-order valence-corrected chi connectivity index (χ1v) is 5.92. The lowest BCUT2D eigenvalue weighted by Crippen LogP contribution is -2.39. The molecule has 0 saturated carbocycles. The Balaban J connectivity index is 1.92. The molecule has 1 aromatic heterocycles. The van der Waals surface area contributed by atoms with E-state index < -0.39 is 17.6 Å². The molecule has 0 bridgehead atoms. The molecule has 1 aliphatic heterocycles. The summed E-state index contributed by atoms with van der Waals surface area (Å²) in [6.07, 6.45) is -0.526. The molecule has 0 amide bonds. The first-order valence-electron chi connectivity index (χ1n) is 5.92. The van der Waals surface area contributed by atoms with Gasteiger partial charge in [0, 0.05) is 32.0 Å². The summed E-state index contributed by atoms with van der Waals surface area (Å²) in [4.78, 5) is 8.39. The number of alkyl halides is 2. The van der Waals surface area contributed by atoms with Crippen LogP contribution in [0.5, 0.6) is 0 Å². The Kier molecular flexibility index (Phi) is 2.65. The maximum Gasteiger partial charge on any atom is 0.251 e. The number of nitrogens with one attached hydrogen (secondary N) is 1. The molecule has 0 radical (unpaired) electrons. The van der Waals surface area contributed by atoms with Gasteiger partial charge in [-0.15, -0.1) is 0 Å². The van der Waals surface area contributed by atoms with E-state index in [0.717, 1.165) is 12.1 Å². The van der Waals surface area contributed by atoms with Crippen LogP contribution in [0.2, 0.25) is 0 Å². The van der Waals surface area contributed by atoms with Crippen LogP contribution in [0, 0.1) is 11.6 Å². The minimum absolute atomic E-state index is 0.0220.